The van der Waals surface area contributed by atoms with Gasteiger partial charge in [-0.1, -0.05) is 140 Å². The number of nitrogens with zero attached hydrogens (tertiary/aromatic N) is 5. The molecular weight excluding hydrogens is 731 g/mol. The summed E-state index contributed by atoms with van der Waals surface area (Å²) in [6.07, 6.45) is 6.71. The number of hydrogen-bond donors (Lipinski definition) is 0. The molecule has 5 nitrogen and oxygen atoms in total. The van der Waals surface area contributed by atoms with E-state index in [2.05, 4.69) is 213 Å². The third kappa shape index (κ3) is 4.40. The van der Waals surface area contributed by atoms with Crippen LogP contribution in [0.4, 0.5) is 11.4 Å². The maximum atomic E-state index is 12.2. The van der Waals surface area contributed by atoms with Gasteiger partial charge in [-0.2, -0.15) is 5.26 Å². The summed E-state index contributed by atoms with van der Waals surface area (Å²) in [6.45, 7) is 0. The van der Waals surface area contributed by atoms with Gasteiger partial charge >= 0.3 is 0 Å². The number of anilines is 2. The number of fused-ring (bicyclic) bond motifs is 12. The molecule has 11 aromatic rings. The second-order valence-electron chi connectivity index (χ2n) is 16.2. The van der Waals surface area contributed by atoms with E-state index in [1.54, 1.807) is 0 Å². The van der Waals surface area contributed by atoms with Gasteiger partial charge in [-0.3, -0.25) is 0 Å². The van der Waals surface area contributed by atoms with Crippen LogP contribution in [-0.4, -0.2) is 19.7 Å². The van der Waals surface area contributed by atoms with E-state index in [1.165, 1.54) is 27.1 Å². The van der Waals surface area contributed by atoms with Crippen LogP contribution in [-0.2, 0) is 0 Å². The minimum Gasteiger partial charge on any atom is -0.334 e. The van der Waals surface area contributed by atoms with E-state index in [-0.39, 0.29) is 12.0 Å². The number of allylic oxidation sites excluding steroid dienone is 1. The molecule has 0 bridgehead atoms. The molecule has 0 spiro atoms. The lowest BCUT2D eigenvalue weighted by molar-refractivity contribution is 0.565. The van der Waals surface area contributed by atoms with Crippen molar-refractivity contribution in [1.82, 2.24) is 13.7 Å². The average molecular weight is 768 g/mol. The number of benzene rings is 8. The molecule has 1 aliphatic heterocycles. The molecule has 0 radical (unpaired) electrons. The zero-order valence-electron chi connectivity index (χ0n) is 32.7. The first-order valence-electron chi connectivity index (χ1n) is 20.9. The number of nitriles is 1. The molecule has 8 aromatic carbocycles. The lowest BCUT2D eigenvalue weighted by Gasteiger charge is -2.35. The smallest absolute Gasteiger partial charge is 0.104 e. The zero-order chi connectivity index (χ0) is 39.5. The Bertz CT molecular complexity index is 3500. The molecule has 5 heteroatoms. The van der Waals surface area contributed by atoms with Crippen LogP contribution < -0.4 is 4.90 Å². The highest BCUT2D eigenvalue weighted by molar-refractivity contribution is 6.14. The van der Waals surface area contributed by atoms with E-state index < -0.39 is 0 Å². The van der Waals surface area contributed by atoms with Gasteiger partial charge in [0.15, 0.2) is 0 Å². The SMILES string of the molecule is N#Cc1c(N2c3ccccc3C3C=CCCC32)c(-n2c3ccccc3c3ccccc32)cc(-n2c3ccccc3c3ccccc32)c1-n1c2ccccc2c2ccccc21. The molecule has 3 aromatic heterocycles. The van der Waals surface area contributed by atoms with Gasteiger partial charge in [0.05, 0.1) is 55.8 Å². The van der Waals surface area contributed by atoms with Gasteiger partial charge in [0.2, 0.25) is 0 Å². The fourth-order valence-electron chi connectivity index (χ4n) is 11.0. The van der Waals surface area contributed by atoms with Crippen molar-refractivity contribution in [2.45, 2.75) is 24.8 Å². The number of hydrogen-bond acceptors (Lipinski definition) is 2. The summed E-state index contributed by atoms with van der Waals surface area (Å²) in [4.78, 5) is 2.55. The van der Waals surface area contributed by atoms with Gasteiger partial charge < -0.3 is 18.6 Å². The van der Waals surface area contributed by atoms with Crippen LogP contribution in [0.5, 0.6) is 0 Å². The lowest BCUT2D eigenvalue weighted by atomic mass is 9.87. The van der Waals surface area contributed by atoms with Crippen molar-refractivity contribution >= 4 is 76.8 Å². The van der Waals surface area contributed by atoms with E-state index in [0.717, 1.165) is 85.2 Å². The fraction of sp³-hybridized carbons (Fsp3) is 0.0727. The summed E-state index contributed by atoms with van der Waals surface area (Å²) in [7, 11) is 0. The normalized spacial score (nSPS) is 16.1. The number of para-hydroxylation sites is 7. The number of rotatable bonds is 4. The third-order valence-corrected chi connectivity index (χ3v) is 13.3. The third-order valence-electron chi connectivity index (χ3n) is 13.3. The van der Waals surface area contributed by atoms with E-state index in [1.807, 2.05) is 0 Å². The van der Waals surface area contributed by atoms with E-state index >= 15 is 0 Å². The maximum Gasteiger partial charge on any atom is 0.104 e. The molecule has 2 atom stereocenters. The van der Waals surface area contributed by atoms with Gasteiger partial charge in [0, 0.05) is 50.0 Å². The Morgan fingerprint density at radius 3 is 1.30 bits per heavy atom. The van der Waals surface area contributed by atoms with Crippen molar-refractivity contribution in [3.05, 3.63) is 199 Å². The highest BCUT2D eigenvalue weighted by atomic mass is 15.2. The van der Waals surface area contributed by atoms with Crippen LogP contribution in [0.25, 0.3) is 82.5 Å². The van der Waals surface area contributed by atoms with Crippen LogP contribution in [0, 0.1) is 11.3 Å². The van der Waals surface area contributed by atoms with Crippen molar-refractivity contribution in [3.8, 4) is 23.1 Å². The van der Waals surface area contributed by atoms with Gasteiger partial charge in [-0.15, -0.1) is 0 Å². The van der Waals surface area contributed by atoms with Crippen LogP contribution >= 0.6 is 0 Å². The maximum absolute atomic E-state index is 12.2. The second-order valence-corrected chi connectivity index (χ2v) is 16.2. The molecule has 2 unspecified atom stereocenters. The van der Waals surface area contributed by atoms with Crippen LogP contribution in [0.3, 0.4) is 0 Å². The molecule has 1 aliphatic carbocycles. The first kappa shape index (κ1) is 33.2. The van der Waals surface area contributed by atoms with Gasteiger partial charge in [0.1, 0.15) is 11.6 Å². The molecule has 2 aliphatic rings. The predicted molar refractivity (Wildman–Crippen MR) is 248 cm³/mol. The fourth-order valence-corrected chi connectivity index (χ4v) is 11.0. The summed E-state index contributed by atoms with van der Waals surface area (Å²) >= 11 is 0. The second kappa shape index (κ2) is 12.6. The molecule has 60 heavy (non-hydrogen) atoms. The van der Waals surface area contributed by atoms with Crippen LogP contribution in [0.15, 0.2) is 188 Å². The predicted octanol–water partition coefficient (Wildman–Crippen LogP) is 13.8. The molecule has 0 saturated heterocycles. The number of aromatic nitrogens is 3. The van der Waals surface area contributed by atoms with Gasteiger partial charge in [-0.05, 0) is 66.9 Å². The molecule has 0 fully saturated rings. The molecule has 0 amide bonds. The largest absolute Gasteiger partial charge is 0.334 e. The molecule has 282 valence electrons. The summed E-state index contributed by atoms with van der Waals surface area (Å²) in [5.74, 6) is 0.209. The van der Waals surface area contributed by atoms with E-state index in [4.69, 9.17) is 0 Å². The summed E-state index contributed by atoms with van der Waals surface area (Å²) in [6, 6.07) is 66.5. The van der Waals surface area contributed by atoms with Crippen LogP contribution in [0.2, 0.25) is 0 Å². The Hall–Kier alpha value is -7.81. The highest BCUT2D eigenvalue weighted by Gasteiger charge is 2.42. The van der Waals surface area contributed by atoms with Gasteiger partial charge in [-0.25, -0.2) is 0 Å². The van der Waals surface area contributed by atoms with Crippen molar-refractivity contribution < 1.29 is 0 Å². The van der Waals surface area contributed by atoms with Crippen molar-refractivity contribution in [2.24, 2.45) is 0 Å². The first-order valence-corrected chi connectivity index (χ1v) is 20.9. The van der Waals surface area contributed by atoms with Crippen molar-refractivity contribution in [1.29, 1.82) is 5.26 Å². The summed E-state index contributed by atoms with van der Waals surface area (Å²) < 4.78 is 7.22. The summed E-state index contributed by atoms with van der Waals surface area (Å²) in [5.41, 5.74) is 13.4. The Morgan fingerprint density at radius 1 is 0.433 bits per heavy atom. The Labute approximate surface area is 346 Å². The zero-order valence-corrected chi connectivity index (χ0v) is 32.7. The Morgan fingerprint density at radius 2 is 0.833 bits per heavy atom. The van der Waals surface area contributed by atoms with Crippen molar-refractivity contribution in [2.75, 3.05) is 4.90 Å². The molecule has 4 heterocycles. The van der Waals surface area contributed by atoms with E-state index in [9.17, 15) is 5.26 Å². The molecule has 13 rings (SSSR count). The van der Waals surface area contributed by atoms with E-state index in [0.29, 0.717) is 5.56 Å². The van der Waals surface area contributed by atoms with Gasteiger partial charge in [0.25, 0.3) is 0 Å². The average Bonchev–Trinajstić information content (AvgIpc) is 4.04. The monoisotopic (exact) mass is 767 g/mol. The standard InChI is InChI=1S/C55H37N5/c56-34-43-54(59-48-29-13-5-21-39(48)40-22-6-14-30-49(40)59)52(57-44-25-9-1-17-35(44)36-18-2-10-26-45(36)57)33-53(58-46-27-11-3-19-37(46)38-20-4-12-28-47(38)58)55(43)60-50-31-15-7-23-41(50)42-24-8-16-32-51(42)60/h1-15,17-31,33,42,51H,16,32H2. The Balaban J connectivity index is 1.30. The van der Waals surface area contributed by atoms with Crippen LogP contribution in [0.1, 0.15) is 29.9 Å². The Kier molecular flexibility index (Phi) is 6.97. The minimum atomic E-state index is 0.136. The molecule has 0 saturated carbocycles. The lowest BCUT2D eigenvalue weighted by Crippen LogP contribution is -2.32. The topological polar surface area (TPSA) is 41.8 Å². The quantitative estimate of drug-likeness (QED) is 0.167. The molecule has 0 N–H and O–H groups in total. The highest BCUT2D eigenvalue weighted by Crippen LogP contribution is 2.54. The molecular formula is C55H37N5. The first-order chi connectivity index (χ1) is 29.8. The minimum absolute atomic E-state index is 0.136. The summed E-state index contributed by atoms with van der Waals surface area (Å²) in [5, 5.41) is 19.2. The van der Waals surface area contributed by atoms with Crippen molar-refractivity contribution in [3.63, 3.8) is 0 Å².